The lowest BCUT2D eigenvalue weighted by Gasteiger charge is -2.12. The molecule has 0 amide bonds. The molecular weight excluding hydrogens is 307 g/mol. The zero-order valence-corrected chi connectivity index (χ0v) is 12.8. The number of nitrogens with one attached hydrogen (secondary N) is 1. The molecule has 3 rings (SSSR count). The zero-order valence-electron chi connectivity index (χ0n) is 11.3. The van der Waals surface area contributed by atoms with Gasteiger partial charge in [-0.05, 0) is 18.2 Å². The molecule has 0 saturated carbocycles. The van der Waals surface area contributed by atoms with Crippen LogP contribution in [0.5, 0.6) is 5.75 Å². The Bertz CT molecular complexity index is 686. The predicted octanol–water partition coefficient (Wildman–Crippen LogP) is 3.92. The molecule has 0 saturated heterocycles. The molecule has 2 aromatic carbocycles. The van der Waals surface area contributed by atoms with Gasteiger partial charge in [0.2, 0.25) is 0 Å². The highest BCUT2D eigenvalue weighted by molar-refractivity contribution is 6.35. The second-order valence-electron chi connectivity index (χ2n) is 4.68. The zero-order chi connectivity index (χ0) is 14.7. The summed E-state index contributed by atoms with van der Waals surface area (Å²) in [7, 11) is 0. The molecule has 1 N–H and O–H groups in total. The number of nitrogens with zero attached hydrogens (tertiary/aromatic N) is 1. The summed E-state index contributed by atoms with van der Waals surface area (Å²) in [6.45, 7) is 2.12. The first kappa shape index (κ1) is 14.2. The van der Waals surface area contributed by atoms with Crippen LogP contribution in [0, 0.1) is 0 Å². The molecule has 5 heteroatoms. The van der Waals surface area contributed by atoms with Crippen LogP contribution in [0.15, 0.2) is 47.5 Å². The Morgan fingerprint density at radius 3 is 2.76 bits per heavy atom. The minimum absolute atomic E-state index is 0.429. The number of hydrogen-bond acceptors (Lipinski definition) is 3. The van der Waals surface area contributed by atoms with E-state index in [0.29, 0.717) is 22.4 Å². The maximum absolute atomic E-state index is 6.12. The van der Waals surface area contributed by atoms with E-state index < -0.39 is 0 Å². The average molecular weight is 321 g/mol. The van der Waals surface area contributed by atoms with Crippen molar-refractivity contribution in [1.82, 2.24) is 5.32 Å². The van der Waals surface area contributed by atoms with Gasteiger partial charge in [0.1, 0.15) is 18.2 Å². The van der Waals surface area contributed by atoms with Crippen molar-refractivity contribution in [3.05, 3.63) is 63.6 Å². The van der Waals surface area contributed by atoms with Gasteiger partial charge in [0.15, 0.2) is 0 Å². The van der Waals surface area contributed by atoms with Gasteiger partial charge in [-0.3, -0.25) is 4.99 Å². The van der Waals surface area contributed by atoms with Crippen LogP contribution >= 0.6 is 23.2 Å². The fourth-order valence-electron chi connectivity index (χ4n) is 2.20. The predicted molar refractivity (Wildman–Crippen MR) is 86.6 cm³/mol. The van der Waals surface area contributed by atoms with Gasteiger partial charge < -0.3 is 10.1 Å². The molecule has 0 bridgehead atoms. The molecule has 0 spiro atoms. The Balaban J connectivity index is 1.79. The van der Waals surface area contributed by atoms with Gasteiger partial charge in [-0.25, -0.2) is 0 Å². The average Bonchev–Trinajstić information content (AvgIpc) is 3.01. The lowest BCUT2D eigenvalue weighted by Crippen LogP contribution is -2.21. The van der Waals surface area contributed by atoms with E-state index in [1.807, 2.05) is 24.3 Å². The number of ether oxygens (including phenoxy) is 1. The Morgan fingerprint density at radius 1 is 1.14 bits per heavy atom. The summed E-state index contributed by atoms with van der Waals surface area (Å²) in [5.74, 6) is 1.55. The van der Waals surface area contributed by atoms with Crippen LogP contribution in [-0.2, 0) is 6.61 Å². The molecule has 1 aliphatic rings. The molecule has 3 nitrogen and oxygen atoms in total. The lowest BCUT2D eigenvalue weighted by molar-refractivity contribution is 0.306. The maximum atomic E-state index is 6.12. The topological polar surface area (TPSA) is 33.6 Å². The Labute approximate surface area is 133 Å². The first-order valence-corrected chi connectivity index (χ1v) is 7.44. The van der Waals surface area contributed by atoms with Crippen molar-refractivity contribution in [3.8, 4) is 5.75 Å². The van der Waals surface area contributed by atoms with E-state index in [1.165, 1.54) is 0 Å². The highest BCUT2D eigenvalue weighted by Gasteiger charge is 2.12. The summed E-state index contributed by atoms with van der Waals surface area (Å²) >= 11 is 12.0. The van der Waals surface area contributed by atoms with Gasteiger partial charge in [-0.1, -0.05) is 47.5 Å². The lowest BCUT2D eigenvalue weighted by atomic mass is 10.1. The molecule has 2 aromatic rings. The summed E-state index contributed by atoms with van der Waals surface area (Å²) in [5.41, 5.74) is 2.14. The van der Waals surface area contributed by atoms with Crippen LogP contribution < -0.4 is 10.1 Å². The minimum atomic E-state index is 0.429. The number of benzene rings is 2. The quantitative estimate of drug-likeness (QED) is 0.926. The summed E-state index contributed by atoms with van der Waals surface area (Å²) in [6.07, 6.45) is 0. The van der Waals surface area contributed by atoms with Gasteiger partial charge >= 0.3 is 0 Å². The van der Waals surface area contributed by atoms with Crippen molar-refractivity contribution < 1.29 is 4.74 Å². The second kappa shape index (κ2) is 6.37. The Hall–Kier alpha value is -1.71. The first-order valence-electron chi connectivity index (χ1n) is 6.68. The maximum Gasteiger partial charge on any atom is 0.138 e. The summed E-state index contributed by atoms with van der Waals surface area (Å²) in [5, 5.41) is 4.39. The summed E-state index contributed by atoms with van der Waals surface area (Å²) in [4.78, 5) is 4.46. The van der Waals surface area contributed by atoms with Crippen molar-refractivity contribution in [3.63, 3.8) is 0 Å². The number of rotatable bonds is 4. The van der Waals surface area contributed by atoms with Crippen LogP contribution in [0.3, 0.4) is 0 Å². The van der Waals surface area contributed by atoms with Crippen LogP contribution in [0.4, 0.5) is 0 Å². The smallest absolute Gasteiger partial charge is 0.138 e. The molecule has 0 aliphatic carbocycles. The van der Waals surface area contributed by atoms with Crippen LogP contribution in [-0.4, -0.2) is 18.9 Å². The summed E-state index contributed by atoms with van der Waals surface area (Å²) in [6, 6.07) is 13.3. The number of amidine groups is 1. The van der Waals surface area contributed by atoms with E-state index in [1.54, 1.807) is 18.2 Å². The van der Waals surface area contributed by atoms with E-state index in [9.17, 15) is 0 Å². The third-order valence-corrected chi connectivity index (χ3v) is 3.75. The van der Waals surface area contributed by atoms with E-state index >= 15 is 0 Å². The number of hydrogen-bond donors (Lipinski definition) is 1. The highest BCUT2D eigenvalue weighted by atomic mass is 35.5. The van der Waals surface area contributed by atoms with Crippen molar-refractivity contribution in [1.29, 1.82) is 0 Å². The molecule has 1 heterocycles. The molecule has 0 radical (unpaired) electrons. The summed E-state index contributed by atoms with van der Waals surface area (Å²) < 4.78 is 5.80. The number of aliphatic imine (C=N–C) groups is 1. The molecular formula is C16H14Cl2N2O. The standard InChI is InChI=1S/C16H14Cl2N2O/c17-12-5-6-15(14(18)9-12)21-10-11-3-1-2-4-13(11)16-19-7-8-20-16/h1-6,9H,7-8,10H2,(H,19,20). The molecule has 21 heavy (non-hydrogen) atoms. The Kier molecular flexibility index (Phi) is 4.32. The largest absolute Gasteiger partial charge is 0.487 e. The first-order chi connectivity index (χ1) is 10.2. The van der Waals surface area contributed by atoms with Crippen molar-refractivity contribution in [2.24, 2.45) is 4.99 Å². The SMILES string of the molecule is Clc1ccc(OCc2ccccc2C2=NCCN2)c(Cl)c1. The van der Waals surface area contributed by atoms with Gasteiger partial charge in [-0.2, -0.15) is 0 Å². The minimum Gasteiger partial charge on any atom is -0.487 e. The fraction of sp³-hybridized carbons (Fsp3) is 0.188. The number of halogens is 2. The van der Waals surface area contributed by atoms with Crippen LogP contribution in [0.25, 0.3) is 0 Å². The monoisotopic (exact) mass is 320 g/mol. The molecule has 108 valence electrons. The van der Waals surface area contributed by atoms with E-state index in [4.69, 9.17) is 27.9 Å². The third kappa shape index (κ3) is 3.31. The van der Waals surface area contributed by atoms with Crippen molar-refractivity contribution in [2.75, 3.05) is 13.1 Å². The van der Waals surface area contributed by atoms with Gasteiger partial charge in [0.05, 0.1) is 11.6 Å². The van der Waals surface area contributed by atoms with Crippen LogP contribution in [0.1, 0.15) is 11.1 Å². The molecule has 1 aliphatic heterocycles. The van der Waals surface area contributed by atoms with Crippen molar-refractivity contribution in [2.45, 2.75) is 6.61 Å². The highest BCUT2D eigenvalue weighted by Crippen LogP contribution is 2.28. The Morgan fingerprint density at radius 2 is 2.00 bits per heavy atom. The molecule has 0 atom stereocenters. The van der Waals surface area contributed by atoms with Crippen molar-refractivity contribution >= 4 is 29.0 Å². The normalized spacial score (nSPS) is 13.7. The van der Waals surface area contributed by atoms with Gasteiger partial charge in [0, 0.05) is 22.7 Å². The van der Waals surface area contributed by atoms with E-state index in [-0.39, 0.29) is 0 Å². The van der Waals surface area contributed by atoms with Gasteiger partial charge in [-0.15, -0.1) is 0 Å². The second-order valence-corrected chi connectivity index (χ2v) is 5.52. The fourth-order valence-corrected chi connectivity index (χ4v) is 2.67. The third-order valence-electron chi connectivity index (χ3n) is 3.22. The molecule has 0 unspecified atom stereocenters. The van der Waals surface area contributed by atoms with E-state index in [0.717, 1.165) is 30.1 Å². The van der Waals surface area contributed by atoms with E-state index in [2.05, 4.69) is 10.3 Å². The van der Waals surface area contributed by atoms with Crippen LogP contribution in [0.2, 0.25) is 10.0 Å². The van der Waals surface area contributed by atoms with Gasteiger partial charge in [0.25, 0.3) is 0 Å². The molecule has 0 aromatic heterocycles. The molecule has 0 fully saturated rings.